The molecule has 144 valence electrons. The number of aromatic nitrogens is 5. The second-order valence-electron chi connectivity index (χ2n) is 7.78. The van der Waals surface area contributed by atoms with Crippen molar-refractivity contribution >= 4 is 5.78 Å². The zero-order valence-corrected chi connectivity index (χ0v) is 16.8. The van der Waals surface area contributed by atoms with Gasteiger partial charge < -0.3 is 4.57 Å². The van der Waals surface area contributed by atoms with Crippen LogP contribution in [0.5, 0.6) is 0 Å². The van der Waals surface area contributed by atoms with Gasteiger partial charge in [0.1, 0.15) is 0 Å². The summed E-state index contributed by atoms with van der Waals surface area (Å²) in [6.07, 6.45) is 7.39. The Hall–Kier alpha value is -2.86. The summed E-state index contributed by atoms with van der Waals surface area (Å²) in [6.45, 7) is 8.09. The summed E-state index contributed by atoms with van der Waals surface area (Å²) < 4.78 is 6.54. The van der Waals surface area contributed by atoms with E-state index in [1.54, 1.807) is 0 Å². The smallest absolute Gasteiger partial charge is 0.214 e. The summed E-state index contributed by atoms with van der Waals surface area (Å²) >= 11 is 0. The number of hydrogen-bond donors (Lipinski definition) is 0. The second kappa shape index (κ2) is 6.63. The summed E-state index contributed by atoms with van der Waals surface area (Å²) in [5.74, 6) is 1.03. The van der Waals surface area contributed by atoms with Crippen LogP contribution in [-0.4, -0.2) is 35.2 Å². The minimum atomic E-state index is 0.917. The van der Waals surface area contributed by atoms with E-state index < -0.39 is 0 Å². The quantitative estimate of drug-likeness (QED) is 0.550. The molecule has 5 rings (SSSR count). The van der Waals surface area contributed by atoms with Gasteiger partial charge in [0, 0.05) is 68.9 Å². The molecule has 0 unspecified atom stereocenters. The van der Waals surface area contributed by atoms with Gasteiger partial charge in [0.15, 0.2) is 0 Å². The van der Waals surface area contributed by atoms with Gasteiger partial charge in [0.05, 0.1) is 17.6 Å². The number of fused-ring (bicyclic) bond motifs is 3. The van der Waals surface area contributed by atoms with Gasteiger partial charge in [-0.05, 0) is 13.8 Å². The lowest BCUT2D eigenvalue weighted by atomic mass is 10.1. The van der Waals surface area contributed by atoms with E-state index in [-0.39, 0.29) is 0 Å². The van der Waals surface area contributed by atoms with Crippen LogP contribution in [0, 0.1) is 6.92 Å². The van der Waals surface area contributed by atoms with E-state index in [9.17, 15) is 0 Å². The molecule has 6 nitrogen and oxygen atoms in total. The Morgan fingerprint density at radius 2 is 1.89 bits per heavy atom. The van der Waals surface area contributed by atoms with E-state index in [0.717, 1.165) is 44.1 Å². The molecule has 3 aromatic heterocycles. The van der Waals surface area contributed by atoms with Crippen molar-refractivity contribution in [3.05, 3.63) is 65.4 Å². The van der Waals surface area contributed by atoms with Crippen LogP contribution in [0.3, 0.4) is 0 Å². The largest absolute Gasteiger partial charge is 0.317 e. The van der Waals surface area contributed by atoms with Crippen LogP contribution in [-0.2, 0) is 33.1 Å². The molecule has 0 spiro atoms. The van der Waals surface area contributed by atoms with Gasteiger partial charge in [-0.3, -0.25) is 14.0 Å². The predicted molar refractivity (Wildman–Crippen MR) is 110 cm³/mol. The Balaban J connectivity index is 1.46. The molecule has 0 radical (unpaired) electrons. The molecule has 0 bridgehead atoms. The monoisotopic (exact) mass is 374 g/mol. The van der Waals surface area contributed by atoms with Crippen molar-refractivity contribution in [1.29, 1.82) is 0 Å². The Bertz CT molecular complexity index is 1130. The highest BCUT2D eigenvalue weighted by atomic mass is 15.3. The fourth-order valence-corrected chi connectivity index (χ4v) is 4.21. The van der Waals surface area contributed by atoms with Crippen molar-refractivity contribution in [2.24, 2.45) is 7.05 Å². The lowest BCUT2D eigenvalue weighted by Gasteiger charge is -2.26. The molecule has 0 fully saturated rings. The van der Waals surface area contributed by atoms with Gasteiger partial charge in [-0.15, -0.1) is 0 Å². The maximum Gasteiger partial charge on any atom is 0.214 e. The van der Waals surface area contributed by atoms with E-state index in [4.69, 9.17) is 4.98 Å². The average Bonchev–Trinajstić information content (AvgIpc) is 3.40. The number of benzene rings is 1. The molecule has 0 aliphatic carbocycles. The van der Waals surface area contributed by atoms with Gasteiger partial charge in [0.25, 0.3) is 0 Å². The van der Waals surface area contributed by atoms with Crippen molar-refractivity contribution in [2.45, 2.75) is 39.9 Å². The fraction of sp³-hybridized carbons (Fsp3) is 0.364. The van der Waals surface area contributed by atoms with Crippen LogP contribution in [0.2, 0.25) is 0 Å². The van der Waals surface area contributed by atoms with Crippen molar-refractivity contribution < 1.29 is 0 Å². The average molecular weight is 374 g/mol. The molecule has 6 heteroatoms. The van der Waals surface area contributed by atoms with Crippen molar-refractivity contribution in [2.75, 3.05) is 6.54 Å². The minimum Gasteiger partial charge on any atom is -0.317 e. The fourth-order valence-electron chi connectivity index (χ4n) is 4.21. The first kappa shape index (κ1) is 17.3. The number of rotatable bonds is 4. The molecule has 0 N–H and O–H groups in total. The third-order valence-electron chi connectivity index (χ3n) is 5.82. The van der Waals surface area contributed by atoms with Crippen LogP contribution >= 0.6 is 0 Å². The third kappa shape index (κ3) is 2.85. The molecular weight excluding hydrogens is 348 g/mol. The van der Waals surface area contributed by atoms with Crippen LogP contribution in [0.1, 0.15) is 29.4 Å². The summed E-state index contributed by atoms with van der Waals surface area (Å²) in [4.78, 5) is 7.44. The topological polar surface area (TPSA) is 43.3 Å². The minimum absolute atomic E-state index is 0.917. The lowest BCUT2D eigenvalue weighted by molar-refractivity contribution is 0.239. The zero-order chi connectivity index (χ0) is 19.3. The number of nitrogens with zero attached hydrogens (tertiary/aromatic N) is 6. The molecule has 4 aromatic rings. The van der Waals surface area contributed by atoms with E-state index >= 15 is 0 Å². The molecule has 0 atom stereocenters. The molecule has 0 saturated heterocycles. The maximum absolute atomic E-state index is 4.93. The zero-order valence-electron chi connectivity index (χ0n) is 16.8. The molecule has 0 amide bonds. The highest BCUT2D eigenvalue weighted by molar-refractivity contribution is 5.62. The Labute approximate surface area is 165 Å². The van der Waals surface area contributed by atoms with Crippen LogP contribution in [0.4, 0.5) is 0 Å². The highest BCUT2D eigenvalue weighted by Gasteiger charge is 2.24. The number of aryl methyl sites for hydroxylation is 3. The summed E-state index contributed by atoms with van der Waals surface area (Å²) in [5.41, 5.74) is 7.52. The third-order valence-corrected chi connectivity index (χ3v) is 5.82. The van der Waals surface area contributed by atoms with Crippen molar-refractivity contribution in [3.8, 4) is 11.3 Å². The van der Waals surface area contributed by atoms with Crippen LogP contribution in [0.15, 0.2) is 42.9 Å². The van der Waals surface area contributed by atoms with Gasteiger partial charge in [-0.25, -0.2) is 4.98 Å². The second-order valence-corrected chi connectivity index (χ2v) is 7.78. The van der Waals surface area contributed by atoms with E-state index in [1.807, 2.05) is 10.9 Å². The van der Waals surface area contributed by atoms with Gasteiger partial charge in [-0.2, -0.15) is 5.10 Å². The van der Waals surface area contributed by atoms with Crippen LogP contribution in [0.25, 0.3) is 17.0 Å². The molecule has 1 aliphatic rings. The van der Waals surface area contributed by atoms with Crippen molar-refractivity contribution in [1.82, 2.24) is 28.6 Å². The predicted octanol–water partition coefficient (Wildman–Crippen LogP) is 3.42. The number of imidazole rings is 2. The molecule has 4 heterocycles. The van der Waals surface area contributed by atoms with Gasteiger partial charge in [-0.1, -0.05) is 29.8 Å². The maximum atomic E-state index is 4.93. The normalized spacial score (nSPS) is 14.7. The lowest BCUT2D eigenvalue weighted by Crippen LogP contribution is -2.31. The Morgan fingerprint density at radius 3 is 2.64 bits per heavy atom. The van der Waals surface area contributed by atoms with E-state index in [0.29, 0.717) is 0 Å². The van der Waals surface area contributed by atoms with Gasteiger partial charge >= 0.3 is 0 Å². The molecule has 1 aromatic carbocycles. The SMILES string of the molecule is CCn1cc(CN2CCc3c(n4cc(-c5ccc(C)cc5)nc4n3C)C2)cn1. The Morgan fingerprint density at radius 1 is 1.07 bits per heavy atom. The molecular formula is C22H26N6. The molecule has 28 heavy (non-hydrogen) atoms. The Kier molecular flexibility index (Phi) is 4.09. The summed E-state index contributed by atoms with van der Waals surface area (Å²) in [6, 6.07) is 8.60. The first-order chi connectivity index (χ1) is 13.6. The van der Waals surface area contributed by atoms with E-state index in [1.165, 1.54) is 28.1 Å². The van der Waals surface area contributed by atoms with Crippen LogP contribution < -0.4 is 0 Å². The highest BCUT2D eigenvalue weighted by Crippen LogP contribution is 2.27. The number of hydrogen-bond acceptors (Lipinski definition) is 3. The van der Waals surface area contributed by atoms with Crippen molar-refractivity contribution in [3.63, 3.8) is 0 Å². The molecule has 0 saturated carbocycles. The summed E-state index contributed by atoms with van der Waals surface area (Å²) in [7, 11) is 2.14. The van der Waals surface area contributed by atoms with Gasteiger partial charge in [0.2, 0.25) is 5.78 Å². The molecule has 1 aliphatic heterocycles. The standard InChI is InChI=1S/C22H26N6/c1-4-27-13-17(11-23-27)12-26-10-9-20-21(15-26)28-14-19(24-22(28)25(20)3)18-7-5-16(2)6-8-18/h5-8,11,13-14H,4,9-10,12,15H2,1-3H3. The summed E-state index contributed by atoms with van der Waals surface area (Å²) in [5, 5.41) is 4.41. The first-order valence-electron chi connectivity index (χ1n) is 9.98. The first-order valence-corrected chi connectivity index (χ1v) is 9.98. The van der Waals surface area contributed by atoms with E-state index in [2.05, 4.69) is 76.5 Å².